The number of hydrogen-bond acceptors (Lipinski definition) is 5. The molecule has 3 aliphatic rings. The number of fused-ring (bicyclic) bond motifs is 2. The van der Waals surface area contributed by atoms with Crippen LogP contribution in [0.25, 0.3) is 0 Å². The quantitative estimate of drug-likeness (QED) is 0.492. The van der Waals surface area contributed by atoms with E-state index >= 15 is 0 Å². The first kappa shape index (κ1) is 24.6. The van der Waals surface area contributed by atoms with Crippen molar-refractivity contribution >= 4 is 33.8 Å². The molecule has 1 aliphatic carbocycles. The Balaban J connectivity index is 1.47. The van der Waals surface area contributed by atoms with Crippen molar-refractivity contribution in [3.05, 3.63) is 45.5 Å². The second-order valence-electron chi connectivity index (χ2n) is 9.80. The van der Waals surface area contributed by atoms with E-state index in [0.29, 0.717) is 57.1 Å². The van der Waals surface area contributed by atoms with Gasteiger partial charge in [-0.25, -0.2) is 9.59 Å². The summed E-state index contributed by atoms with van der Waals surface area (Å²) in [5.74, 6) is 0.660. The van der Waals surface area contributed by atoms with E-state index in [1.165, 1.54) is 5.57 Å². The van der Waals surface area contributed by atoms with Gasteiger partial charge < -0.3 is 19.1 Å². The van der Waals surface area contributed by atoms with Gasteiger partial charge in [0.25, 0.3) is 0 Å². The molecule has 0 N–H and O–H groups in total. The van der Waals surface area contributed by atoms with Crippen molar-refractivity contribution in [2.24, 2.45) is 0 Å². The van der Waals surface area contributed by atoms with Crippen LogP contribution in [0.15, 0.2) is 34.3 Å². The van der Waals surface area contributed by atoms with E-state index in [-0.39, 0.29) is 12.2 Å². The largest absolute Gasteiger partial charge is 0.488 e. The van der Waals surface area contributed by atoms with Crippen LogP contribution in [-0.2, 0) is 22.3 Å². The first-order chi connectivity index (χ1) is 16.2. The Morgan fingerprint density at radius 2 is 1.91 bits per heavy atom. The molecule has 2 aliphatic heterocycles. The molecule has 0 atom stereocenters. The SMILES string of the molecule is CC(C)(C)OC(=O)N1CCc2cc3c(c(Br)c2CC1)OCCN3C(=O)OCCC1=CC=CCC1. The Kier molecular flexibility index (Phi) is 7.55. The molecule has 2 heterocycles. The number of nitrogens with zero attached hydrogens (tertiary/aromatic N) is 2. The van der Waals surface area contributed by atoms with Crippen molar-refractivity contribution in [2.45, 2.75) is 58.5 Å². The summed E-state index contributed by atoms with van der Waals surface area (Å²) in [6.07, 6.45) is 9.83. The summed E-state index contributed by atoms with van der Waals surface area (Å²) in [4.78, 5) is 29.0. The normalized spacial score (nSPS) is 17.7. The molecule has 34 heavy (non-hydrogen) atoms. The zero-order valence-corrected chi connectivity index (χ0v) is 21.8. The summed E-state index contributed by atoms with van der Waals surface area (Å²) in [6, 6.07) is 2.02. The predicted molar refractivity (Wildman–Crippen MR) is 135 cm³/mol. The Bertz CT molecular complexity index is 1010. The Morgan fingerprint density at radius 1 is 1.12 bits per heavy atom. The van der Waals surface area contributed by atoms with Gasteiger partial charge in [-0.05, 0) is 79.6 Å². The molecule has 8 heteroatoms. The second-order valence-corrected chi connectivity index (χ2v) is 10.6. The molecule has 4 rings (SSSR count). The van der Waals surface area contributed by atoms with Gasteiger partial charge in [0.1, 0.15) is 12.2 Å². The minimum absolute atomic E-state index is 0.300. The predicted octanol–water partition coefficient (Wildman–Crippen LogP) is 5.79. The Labute approximate surface area is 209 Å². The first-order valence-electron chi connectivity index (χ1n) is 12.0. The number of carbonyl (C=O) groups is 2. The maximum atomic E-state index is 13.0. The van der Waals surface area contributed by atoms with E-state index in [2.05, 4.69) is 34.2 Å². The molecular weight excluding hydrogens is 500 g/mol. The molecule has 0 unspecified atom stereocenters. The van der Waals surface area contributed by atoms with E-state index in [0.717, 1.165) is 34.9 Å². The van der Waals surface area contributed by atoms with Crippen LogP contribution in [0, 0.1) is 0 Å². The minimum atomic E-state index is -0.533. The van der Waals surface area contributed by atoms with Gasteiger partial charge in [0.15, 0.2) is 5.75 Å². The van der Waals surface area contributed by atoms with Gasteiger partial charge in [-0.2, -0.15) is 0 Å². The van der Waals surface area contributed by atoms with Crippen LogP contribution in [-0.4, -0.2) is 55.5 Å². The van der Waals surface area contributed by atoms with Gasteiger partial charge in [0, 0.05) is 19.5 Å². The summed E-state index contributed by atoms with van der Waals surface area (Å²) in [5.41, 5.74) is 3.69. The molecule has 1 aromatic carbocycles. The summed E-state index contributed by atoms with van der Waals surface area (Å²) in [7, 11) is 0. The van der Waals surface area contributed by atoms with Crippen molar-refractivity contribution in [3.8, 4) is 5.75 Å². The fourth-order valence-corrected chi connectivity index (χ4v) is 5.19. The summed E-state index contributed by atoms with van der Waals surface area (Å²) < 4.78 is 18.0. The highest BCUT2D eigenvalue weighted by Gasteiger charge is 2.31. The topological polar surface area (TPSA) is 68.3 Å². The van der Waals surface area contributed by atoms with Gasteiger partial charge in [0.05, 0.1) is 23.3 Å². The Hall–Kier alpha value is -2.48. The van der Waals surface area contributed by atoms with E-state index in [9.17, 15) is 9.59 Å². The number of ether oxygens (including phenoxy) is 3. The van der Waals surface area contributed by atoms with E-state index < -0.39 is 5.60 Å². The van der Waals surface area contributed by atoms with Crippen molar-refractivity contribution < 1.29 is 23.8 Å². The Morgan fingerprint density at radius 3 is 2.65 bits per heavy atom. The number of halogens is 1. The molecule has 184 valence electrons. The molecular formula is C26H33BrN2O5. The van der Waals surface area contributed by atoms with Crippen LogP contribution in [0.5, 0.6) is 5.75 Å². The number of amides is 2. The summed E-state index contributed by atoms with van der Waals surface area (Å²) >= 11 is 3.72. The lowest BCUT2D eigenvalue weighted by Gasteiger charge is -2.31. The maximum absolute atomic E-state index is 13.0. The van der Waals surface area contributed by atoms with Crippen LogP contribution < -0.4 is 9.64 Å². The molecule has 0 bridgehead atoms. The summed E-state index contributed by atoms with van der Waals surface area (Å²) in [6.45, 7) is 7.94. The molecule has 0 aromatic heterocycles. The lowest BCUT2D eigenvalue weighted by Crippen LogP contribution is -2.38. The van der Waals surface area contributed by atoms with Gasteiger partial charge in [-0.3, -0.25) is 4.90 Å². The van der Waals surface area contributed by atoms with Crippen LogP contribution in [0.3, 0.4) is 0 Å². The third kappa shape index (κ3) is 5.77. The number of carbonyl (C=O) groups excluding carboxylic acids is 2. The molecule has 7 nitrogen and oxygen atoms in total. The fraction of sp³-hybridized carbons (Fsp3) is 0.538. The number of rotatable bonds is 3. The number of hydrogen-bond donors (Lipinski definition) is 0. The maximum Gasteiger partial charge on any atom is 0.414 e. The minimum Gasteiger partial charge on any atom is -0.488 e. The van der Waals surface area contributed by atoms with Gasteiger partial charge in [0.2, 0.25) is 0 Å². The third-order valence-electron chi connectivity index (χ3n) is 6.15. The molecule has 0 saturated heterocycles. The summed E-state index contributed by atoms with van der Waals surface area (Å²) in [5, 5.41) is 0. The molecule has 0 spiro atoms. The highest BCUT2D eigenvalue weighted by molar-refractivity contribution is 9.10. The number of allylic oxidation sites excluding steroid dienone is 3. The number of benzene rings is 1. The molecule has 2 amide bonds. The fourth-order valence-electron chi connectivity index (χ4n) is 4.42. The van der Waals surface area contributed by atoms with Crippen molar-refractivity contribution in [1.82, 2.24) is 4.90 Å². The molecule has 0 saturated carbocycles. The zero-order valence-electron chi connectivity index (χ0n) is 20.2. The molecule has 0 fully saturated rings. The monoisotopic (exact) mass is 532 g/mol. The van der Waals surface area contributed by atoms with Gasteiger partial charge in [-0.1, -0.05) is 23.8 Å². The van der Waals surface area contributed by atoms with Crippen molar-refractivity contribution in [1.29, 1.82) is 0 Å². The van der Waals surface area contributed by atoms with E-state index in [4.69, 9.17) is 14.2 Å². The van der Waals surface area contributed by atoms with Crippen LogP contribution in [0.1, 0.15) is 51.2 Å². The second kappa shape index (κ2) is 10.4. The van der Waals surface area contributed by atoms with Crippen LogP contribution in [0.2, 0.25) is 0 Å². The van der Waals surface area contributed by atoms with Gasteiger partial charge in [-0.15, -0.1) is 0 Å². The first-order valence-corrected chi connectivity index (χ1v) is 12.8. The molecule has 1 aromatic rings. The van der Waals surface area contributed by atoms with Crippen molar-refractivity contribution in [3.63, 3.8) is 0 Å². The lowest BCUT2D eigenvalue weighted by molar-refractivity contribution is 0.0258. The van der Waals surface area contributed by atoms with Crippen LogP contribution >= 0.6 is 15.9 Å². The van der Waals surface area contributed by atoms with E-state index in [1.807, 2.05) is 26.8 Å². The van der Waals surface area contributed by atoms with Crippen LogP contribution in [0.4, 0.5) is 15.3 Å². The average Bonchev–Trinajstić information content (AvgIpc) is 3.01. The average molecular weight is 533 g/mol. The van der Waals surface area contributed by atoms with E-state index in [1.54, 1.807) is 9.80 Å². The third-order valence-corrected chi connectivity index (χ3v) is 6.99. The zero-order chi connectivity index (χ0) is 24.3. The number of anilines is 1. The molecule has 0 radical (unpaired) electrons. The van der Waals surface area contributed by atoms with Crippen molar-refractivity contribution in [2.75, 3.05) is 37.7 Å². The highest BCUT2D eigenvalue weighted by Crippen LogP contribution is 2.43. The standard InChI is InChI=1S/C26H33BrN2O5/c1-26(2,3)34-24(30)28-12-9-19-17-21-23(22(27)20(19)10-13-28)32-16-14-29(21)25(31)33-15-11-18-7-5-4-6-8-18/h4-5,7,17H,6,8-16H2,1-3H3. The van der Waals surface area contributed by atoms with Gasteiger partial charge >= 0.3 is 12.2 Å². The smallest absolute Gasteiger partial charge is 0.414 e. The highest BCUT2D eigenvalue weighted by atomic mass is 79.9. The lowest BCUT2D eigenvalue weighted by atomic mass is 10.0.